The van der Waals surface area contributed by atoms with Gasteiger partial charge in [-0.25, -0.2) is 8.42 Å². The van der Waals surface area contributed by atoms with Crippen molar-refractivity contribution in [1.82, 2.24) is 0 Å². The van der Waals surface area contributed by atoms with Gasteiger partial charge in [-0.2, -0.15) is 0 Å². The fraction of sp³-hybridized carbons (Fsp3) is 0.600. The first-order valence-corrected chi connectivity index (χ1v) is 9.61. The number of hydrogen-bond acceptors (Lipinski definition) is 4. The van der Waals surface area contributed by atoms with E-state index in [9.17, 15) is 8.42 Å². The van der Waals surface area contributed by atoms with Crippen LogP contribution in [0.5, 0.6) is 0 Å². The summed E-state index contributed by atoms with van der Waals surface area (Å²) >= 11 is 6.38. The summed E-state index contributed by atoms with van der Waals surface area (Å²) in [7, 11) is -2.92. The lowest BCUT2D eigenvalue weighted by atomic mass is 10.0. The van der Waals surface area contributed by atoms with Crippen molar-refractivity contribution in [3.63, 3.8) is 0 Å². The molecule has 0 radical (unpaired) electrons. The molecule has 21 heavy (non-hydrogen) atoms. The standard InChI is InChI=1S/C15H23ClN2O2S/c1-2-13(17)11-12-5-3-6-14(16)15(12)18-7-4-9-21(19,20)10-8-18/h3,5-6,13H,2,4,7-11,17H2,1H3. The van der Waals surface area contributed by atoms with E-state index in [0.29, 0.717) is 18.0 Å². The minimum absolute atomic E-state index is 0.0953. The van der Waals surface area contributed by atoms with Gasteiger partial charge < -0.3 is 10.6 Å². The second kappa shape index (κ2) is 6.99. The number of anilines is 1. The Hall–Kier alpha value is -0.780. The van der Waals surface area contributed by atoms with Crippen molar-refractivity contribution < 1.29 is 8.42 Å². The lowest BCUT2D eigenvalue weighted by molar-refractivity contribution is 0.597. The van der Waals surface area contributed by atoms with Gasteiger partial charge in [-0.15, -0.1) is 0 Å². The first-order valence-electron chi connectivity index (χ1n) is 7.41. The molecule has 0 aliphatic carbocycles. The van der Waals surface area contributed by atoms with Gasteiger partial charge in [0.05, 0.1) is 22.2 Å². The summed E-state index contributed by atoms with van der Waals surface area (Å²) < 4.78 is 23.5. The summed E-state index contributed by atoms with van der Waals surface area (Å²) in [5.41, 5.74) is 8.14. The van der Waals surface area contributed by atoms with Gasteiger partial charge in [-0.3, -0.25) is 0 Å². The molecule has 1 fully saturated rings. The first kappa shape index (κ1) is 16.6. The van der Waals surface area contributed by atoms with Crippen molar-refractivity contribution in [1.29, 1.82) is 0 Å². The molecule has 1 atom stereocenters. The lowest BCUT2D eigenvalue weighted by Crippen LogP contribution is -2.29. The summed E-state index contributed by atoms with van der Waals surface area (Å²) in [6.07, 6.45) is 2.31. The van der Waals surface area contributed by atoms with Gasteiger partial charge in [0.25, 0.3) is 0 Å². The topological polar surface area (TPSA) is 63.4 Å². The van der Waals surface area contributed by atoms with Crippen LogP contribution in [0.15, 0.2) is 18.2 Å². The molecule has 6 heteroatoms. The molecule has 4 nitrogen and oxygen atoms in total. The Labute approximate surface area is 132 Å². The van der Waals surface area contributed by atoms with E-state index < -0.39 is 9.84 Å². The highest BCUT2D eigenvalue weighted by Gasteiger charge is 2.22. The second-order valence-corrected chi connectivity index (χ2v) is 8.32. The Bertz CT molecular complexity index is 589. The molecule has 2 rings (SSSR count). The van der Waals surface area contributed by atoms with Crippen LogP contribution < -0.4 is 10.6 Å². The number of hydrogen-bond donors (Lipinski definition) is 1. The van der Waals surface area contributed by atoms with E-state index in [1.807, 2.05) is 18.2 Å². The van der Waals surface area contributed by atoms with E-state index in [1.54, 1.807) is 0 Å². The van der Waals surface area contributed by atoms with Gasteiger partial charge in [0, 0.05) is 19.1 Å². The summed E-state index contributed by atoms with van der Waals surface area (Å²) in [5.74, 6) is 0.454. The number of para-hydroxylation sites is 1. The monoisotopic (exact) mass is 330 g/mol. The summed E-state index contributed by atoms with van der Waals surface area (Å²) in [4.78, 5) is 2.10. The number of halogens is 1. The van der Waals surface area contributed by atoms with Crippen LogP contribution in [0.4, 0.5) is 5.69 Å². The highest BCUT2D eigenvalue weighted by atomic mass is 35.5. The molecule has 1 heterocycles. The van der Waals surface area contributed by atoms with Crippen LogP contribution in [0.2, 0.25) is 5.02 Å². The molecule has 1 aromatic carbocycles. The highest BCUT2D eigenvalue weighted by Crippen LogP contribution is 2.31. The Morgan fingerprint density at radius 3 is 2.81 bits per heavy atom. The maximum absolute atomic E-state index is 11.8. The molecule has 0 spiro atoms. The third kappa shape index (κ3) is 4.34. The average Bonchev–Trinajstić information content (AvgIpc) is 2.60. The van der Waals surface area contributed by atoms with Gasteiger partial charge >= 0.3 is 0 Å². The predicted octanol–water partition coefficient (Wildman–Crippen LogP) is 2.24. The van der Waals surface area contributed by atoms with Gasteiger partial charge in [-0.05, 0) is 30.9 Å². The van der Waals surface area contributed by atoms with E-state index in [1.165, 1.54) is 0 Å². The SMILES string of the molecule is CCC(N)Cc1cccc(Cl)c1N1CCCS(=O)(=O)CC1. The zero-order valence-electron chi connectivity index (χ0n) is 12.4. The van der Waals surface area contributed by atoms with Crippen LogP contribution in [0.25, 0.3) is 0 Å². The molecule has 0 amide bonds. The zero-order chi connectivity index (χ0) is 15.5. The van der Waals surface area contributed by atoms with Crippen LogP contribution in [-0.2, 0) is 16.3 Å². The molecule has 1 aliphatic rings. The largest absolute Gasteiger partial charge is 0.369 e. The normalized spacial score (nSPS) is 20.0. The molecule has 0 saturated carbocycles. The summed E-state index contributed by atoms with van der Waals surface area (Å²) in [6.45, 7) is 3.28. The number of rotatable bonds is 4. The van der Waals surface area contributed by atoms with Crippen LogP contribution in [-0.4, -0.2) is 39.1 Å². The number of nitrogens with zero attached hydrogens (tertiary/aromatic N) is 1. The van der Waals surface area contributed by atoms with Crippen molar-refractivity contribution in [2.24, 2.45) is 5.73 Å². The first-order chi connectivity index (χ1) is 9.93. The van der Waals surface area contributed by atoms with Crippen LogP contribution in [0.3, 0.4) is 0 Å². The number of sulfone groups is 1. The maximum Gasteiger partial charge on any atom is 0.152 e. The van der Waals surface area contributed by atoms with Crippen LogP contribution >= 0.6 is 11.6 Å². The van der Waals surface area contributed by atoms with Crippen molar-refractivity contribution in [3.8, 4) is 0 Å². The third-order valence-corrected chi connectivity index (χ3v) is 5.97. The molecule has 118 valence electrons. The molecule has 1 unspecified atom stereocenters. The Balaban J connectivity index is 2.29. The van der Waals surface area contributed by atoms with Crippen LogP contribution in [0, 0.1) is 0 Å². The van der Waals surface area contributed by atoms with Crippen molar-refractivity contribution in [3.05, 3.63) is 28.8 Å². The van der Waals surface area contributed by atoms with Gasteiger partial charge in [0.15, 0.2) is 9.84 Å². The molecule has 1 aliphatic heterocycles. The van der Waals surface area contributed by atoms with Gasteiger partial charge in [0.2, 0.25) is 0 Å². The highest BCUT2D eigenvalue weighted by molar-refractivity contribution is 7.91. The van der Waals surface area contributed by atoms with Gasteiger partial charge in [0.1, 0.15) is 0 Å². The quantitative estimate of drug-likeness (QED) is 0.919. The van der Waals surface area contributed by atoms with Crippen molar-refractivity contribution >= 4 is 27.1 Å². The average molecular weight is 331 g/mol. The van der Waals surface area contributed by atoms with E-state index in [0.717, 1.165) is 30.6 Å². The number of nitrogens with two attached hydrogens (primary N) is 1. The smallest absolute Gasteiger partial charge is 0.152 e. The predicted molar refractivity (Wildman–Crippen MR) is 88.9 cm³/mol. The van der Waals surface area contributed by atoms with E-state index in [2.05, 4.69) is 11.8 Å². The summed E-state index contributed by atoms with van der Waals surface area (Å²) in [6, 6.07) is 5.92. The van der Waals surface area contributed by atoms with Crippen molar-refractivity contribution in [2.75, 3.05) is 29.5 Å². The molecule has 2 N–H and O–H groups in total. The Morgan fingerprint density at radius 2 is 2.10 bits per heavy atom. The molecule has 0 bridgehead atoms. The molecule has 1 aromatic rings. The molecule has 0 aromatic heterocycles. The zero-order valence-corrected chi connectivity index (χ0v) is 14.0. The van der Waals surface area contributed by atoms with Crippen LogP contribution in [0.1, 0.15) is 25.3 Å². The fourth-order valence-corrected chi connectivity index (χ4v) is 4.25. The summed E-state index contributed by atoms with van der Waals surface area (Å²) in [5, 5.41) is 0.676. The Morgan fingerprint density at radius 1 is 1.33 bits per heavy atom. The lowest BCUT2D eigenvalue weighted by Gasteiger charge is -2.27. The van der Waals surface area contributed by atoms with E-state index >= 15 is 0 Å². The fourth-order valence-electron chi connectivity index (χ4n) is 2.67. The molecular formula is C15H23ClN2O2S. The third-order valence-electron chi connectivity index (χ3n) is 3.95. The van der Waals surface area contributed by atoms with E-state index in [-0.39, 0.29) is 17.5 Å². The second-order valence-electron chi connectivity index (χ2n) is 5.61. The number of benzene rings is 1. The minimum atomic E-state index is -2.92. The minimum Gasteiger partial charge on any atom is -0.369 e. The maximum atomic E-state index is 11.8. The van der Waals surface area contributed by atoms with Crippen molar-refractivity contribution in [2.45, 2.75) is 32.2 Å². The molecular weight excluding hydrogens is 308 g/mol. The van der Waals surface area contributed by atoms with E-state index in [4.69, 9.17) is 17.3 Å². The Kier molecular flexibility index (Phi) is 5.52. The molecule has 1 saturated heterocycles. The van der Waals surface area contributed by atoms with Gasteiger partial charge in [-0.1, -0.05) is 30.7 Å².